The van der Waals surface area contributed by atoms with Crippen molar-refractivity contribution in [2.75, 3.05) is 0 Å². The molecule has 0 saturated heterocycles. The molecule has 2 aromatic rings. The Morgan fingerprint density at radius 3 is 0.909 bits per heavy atom. The fourth-order valence-corrected chi connectivity index (χ4v) is 2.16. The van der Waals surface area contributed by atoms with Crippen LogP contribution < -0.4 is 138 Å². The van der Waals surface area contributed by atoms with Gasteiger partial charge in [0.15, 0.2) is 0 Å². The summed E-state index contributed by atoms with van der Waals surface area (Å²) < 4.78 is 61.7. The summed E-state index contributed by atoms with van der Waals surface area (Å²) in [6.07, 6.45) is 0. The van der Waals surface area contributed by atoms with Gasteiger partial charge in [-0.25, -0.2) is 16.8 Å². The third-order valence-corrected chi connectivity index (χ3v) is 3.76. The van der Waals surface area contributed by atoms with Crippen molar-refractivity contribution < 1.29 is 164 Å². The molecule has 0 aromatic heterocycles. The normalized spacial score (nSPS) is 10.3. The standard InChI is InChI=1S/2C6H6O3S.2Cs/c2*7-10(8,9)6-4-2-1-3-5-6;;/h2*1-5H,(H,7,8,9);;/q;;2*+1/p-2. The van der Waals surface area contributed by atoms with E-state index in [0.717, 1.165) is 0 Å². The summed E-state index contributed by atoms with van der Waals surface area (Å²) in [7, 11) is -8.51. The molecule has 6 nitrogen and oxygen atoms in total. The zero-order valence-electron chi connectivity index (χ0n) is 12.0. The summed E-state index contributed by atoms with van der Waals surface area (Å²) >= 11 is 0. The Kier molecular flexibility index (Phi) is 15.3. The Balaban J connectivity index is 0. The zero-order valence-corrected chi connectivity index (χ0v) is 26.2. The first-order chi connectivity index (χ1) is 9.21. The van der Waals surface area contributed by atoms with Crippen molar-refractivity contribution in [1.82, 2.24) is 0 Å². The van der Waals surface area contributed by atoms with Gasteiger partial charge < -0.3 is 9.11 Å². The second-order valence-electron chi connectivity index (χ2n) is 3.53. The minimum absolute atomic E-state index is 0. The van der Waals surface area contributed by atoms with Crippen LogP contribution in [0.1, 0.15) is 0 Å². The van der Waals surface area contributed by atoms with Crippen LogP contribution in [0.3, 0.4) is 0 Å². The summed E-state index contributed by atoms with van der Waals surface area (Å²) in [5, 5.41) is 0. The summed E-state index contributed by atoms with van der Waals surface area (Å²) in [5.41, 5.74) is 0. The Morgan fingerprint density at radius 1 is 0.545 bits per heavy atom. The smallest absolute Gasteiger partial charge is 0.744 e. The van der Waals surface area contributed by atoms with E-state index in [1.54, 1.807) is 12.1 Å². The van der Waals surface area contributed by atoms with Gasteiger partial charge >= 0.3 is 138 Å². The molecule has 0 radical (unpaired) electrons. The first-order valence-electron chi connectivity index (χ1n) is 5.23. The van der Waals surface area contributed by atoms with Gasteiger partial charge in [-0.15, -0.1) is 0 Å². The van der Waals surface area contributed by atoms with Crippen molar-refractivity contribution >= 4 is 20.2 Å². The quantitative estimate of drug-likeness (QED) is 0.330. The predicted molar refractivity (Wildman–Crippen MR) is 68.8 cm³/mol. The molecule has 0 unspecified atom stereocenters. The molecule has 2 aromatic carbocycles. The third-order valence-electron chi connectivity index (χ3n) is 2.06. The van der Waals surface area contributed by atoms with E-state index in [1.807, 2.05) is 0 Å². The van der Waals surface area contributed by atoms with Crippen LogP contribution in [0, 0.1) is 0 Å². The van der Waals surface area contributed by atoms with Crippen molar-refractivity contribution in [1.29, 1.82) is 0 Å². The third kappa shape index (κ3) is 11.1. The summed E-state index contributed by atoms with van der Waals surface area (Å²) in [6, 6.07) is 14.4. The van der Waals surface area contributed by atoms with E-state index in [0.29, 0.717) is 0 Å². The maximum atomic E-state index is 10.3. The summed E-state index contributed by atoms with van der Waals surface area (Å²) in [5.74, 6) is 0. The molecule has 2 rings (SSSR count). The fraction of sp³-hybridized carbons (Fsp3) is 0. The van der Waals surface area contributed by atoms with Crippen molar-refractivity contribution in [3.8, 4) is 0 Å². The van der Waals surface area contributed by atoms with Gasteiger partial charge in [-0.3, -0.25) is 0 Å². The molecule has 108 valence electrons. The van der Waals surface area contributed by atoms with Gasteiger partial charge in [-0.2, -0.15) is 0 Å². The number of hydrogen-bond donors (Lipinski definition) is 0. The van der Waals surface area contributed by atoms with Crippen LogP contribution in [0.25, 0.3) is 0 Å². The molecule has 10 heteroatoms. The molecule has 0 bridgehead atoms. The molecule has 0 aliphatic heterocycles. The molecule has 0 saturated carbocycles. The van der Waals surface area contributed by atoms with E-state index in [2.05, 4.69) is 0 Å². The van der Waals surface area contributed by atoms with E-state index < -0.39 is 20.2 Å². The molecular formula is C12H10Cs2O6S2. The van der Waals surface area contributed by atoms with Gasteiger partial charge in [0.05, 0.1) is 9.79 Å². The molecule has 22 heavy (non-hydrogen) atoms. The van der Waals surface area contributed by atoms with Crippen LogP contribution in [-0.4, -0.2) is 25.9 Å². The number of benzene rings is 2. The monoisotopic (exact) mass is 580 g/mol. The van der Waals surface area contributed by atoms with Crippen molar-refractivity contribution in [3.63, 3.8) is 0 Å². The number of rotatable bonds is 2. The maximum Gasteiger partial charge on any atom is 1.00 e. The fourth-order valence-electron chi connectivity index (χ4n) is 1.17. The molecule has 0 atom stereocenters. The van der Waals surface area contributed by atoms with E-state index in [-0.39, 0.29) is 148 Å². The Morgan fingerprint density at radius 2 is 0.773 bits per heavy atom. The Labute approximate surface area is 247 Å². The van der Waals surface area contributed by atoms with Crippen LogP contribution >= 0.6 is 0 Å². The first kappa shape index (κ1) is 26.6. The van der Waals surface area contributed by atoms with Gasteiger partial charge in [-0.05, 0) is 24.3 Å². The average molecular weight is 580 g/mol. The maximum absolute atomic E-state index is 10.3. The molecule has 0 N–H and O–H groups in total. The predicted octanol–water partition coefficient (Wildman–Crippen LogP) is -4.81. The Hall–Kier alpha value is 2.36. The second kappa shape index (κ2) is 12.7. The molecule has 0 fully saturated rings. The van der Waals surface area contributed by atoms with Gasteiger partial charge in [-0.1, -0.05) is 36.4 Å². The SMILES string of the molecule is O=S(=O)([O-])c1ccccc1.O=S(=O)([O-])c1ccccc1.[Cs+].[Cs+]. The van der Waals surface area contributed by atoms with E-state index in [4.69, 9.17) is 0 Å². The van der Waals surface area contributed by atoms with Crippen LogP contribution in [0.5, 0.6) is 0 Å². The van der Waals surface area contributed by atoms with Crippen LogP contribution in [-0.2, 0) is 20.2 Å². The second-order valence-corrected chi connectivity index (χ2v) is 6.29. The van der Waals surface area contributed by atoms with Crippen molar-refractivity contribution in [3.05, 3.63) is 60.7 Å². The molecule has 0 amide bonds. The van der Waals surface area contributed by atoms with E-state index >= 15 is 0 Å². The molecule has 0 heterocycles. The summed E-state index contributed by atoms with van der Waals surface area (Å²) in [4.78, 5) is -0.370. The molecular weight excluding hydrogens is 570 g/mol. The molecule has 0 spiro atoms. The van der Waals surface area contributed by atoms with Crippen LogP contribution in [0.2, 0.25) is 0 Å². The van der Waals surface area contributed by atoms with Crippen LogP contribution in [0.15, 0.2) is 70.5 Å². The number of hydrogen-bond acceptors (Lipinski definition) is 6. The Bertz CT molecular complexity index is 679. The largest absolute Gasteiger partial charge is 1.00 e. The van der Waals surface area contributed by atoms with Crippen molar-refractivity contribution in [2.45, 2.75) is 9.79 Å². The summed E-state index contributed by atoms with van der Waals surface area (Å²) in [6.45, 7) is 0. The minimum Gasteiger partial charge on any atom is -0.744 e. The van der Waals surface area contributed by atoms with Gasteiger partial charge in [0.2, 0.25) is 0 Å². The van der Waals surface area contributed by atoms with Gasteiger partial charge in [0.1, 0.15) is 20.2 Å². The van der Waals surface area contributed by atoms with E-state index in [9.17, 15) is 25.9 Å². The molecule has 0 aliphatic rings. The zero-order chi connectivity index (χ0) is 15.2. The van der Waals surface area contributed by atoms with Crippen molar-refractivity contribution in [2.24, 2.45) is 0 Å². The molecule has 0 aliphatic carbocycles. The minimum atomic E-state index is -4.25. The van der Waals surface area contributed by atoms with Gasteiger partial charge in [0, 0.05) is 0 Å². The van der Waals surface area contributed by atoms with E-state index in [1.165, 1.54) is 48.5 Å². The topological polar surface area (TPSA) is 114 Å². The van der Waals surface area contributed by atoms with Gasteiger partial charge in [0.25, 0.3) is 0 Å². The average Bonchev–Trinajstić information content (AvgIpc) is 2.40. The first-order valence-corrected chi connectivity index (χ1v) is 8.05. The van der Waals surface area contributed by atoms with Crippen LogP contribution in [0.4, 0.5) is 0 Å².